The lowest BCUT2D eigenvalue weighted by molar-refractivity contribution is -0.126. The van der Waals surface area contributed by atoms with Crippen LogP contribution in [0, 0.1) is 19.8 Å². The Morgan fingerprint density at radius 3 is 2.53 bits per heavy atom. The van der Waals surface area contributed by atoms with Gasteiger partial charge in [-0.05, 0) is 55.3 Å². The molecule has 3 heterocycles. The number of hydrogen-bond donors (Lipinski definition) is 1. The summed E-state index contributed by atoms with van der Waals surface area (Å²) in [6.45, 7) is 4.75. The molecule has 1 fully saturated rings. The first-order valence-electron chi connectivity index (χ1n) is 11.9. The predicted octanol–water partition coefficient (Wildman–Crippen LogP) is 3.13. The Kier molecular flexibility index (Phi) is 6.33. The molecule has 36 heavy (non-hydrogen) atoms. The molecule has 182 valence electrons. The molecule has 1 unspecified atom stereocenters. The second-order valence-corrected chi connectivity index (χ2v) is 9.17. The van der Waals surface area contributed by atoms with Gasteiger partial charge in [-0.3, -0.25) is 19.4 Å². The van der Waals surface area contributed by atoms with Gasteiger partial charge in [-0.1, -0.05) is 30.3 Å². The van der Waals surface area contributed by atoms with Crippen LogP contribution in [-0.2, 0) is 22.7 Å². The van der Waals surface area contributed by atoms with Crippen molar-refractivity contribution in [2.75, 3.05) is 11.4 Å². The first kappa shape index (κ1) is 23.4. The van der Waals surface area contributed by atoms with Gasteiger partial charge in [0.15, 0.2) is 0 Å². The molecule has 1 saturated heterocycles. The molecule has 4 aromatic rings. The molecular weight excluding hydrogens is 454 g/mol. The maximum absolute atomic E-state index is 13.0. The fourth-order valence-electron chi connectivity index (χ4n) is 4.53. The number of anilines is 1. The van der Waals surface area contributed by atoms with E-state index in [9.17, 15) is 14.4 Å². The summed E-state index contributed by atoms with van der Waals surface area (Å²) < 4.78 is 1.38. The Hall–Kier alpha value is -4.33. The zero-order valence-electron chi connectivity index (χ0n) is 20.3. The van der Waals surface area contributed by atoms with E-state index in [1.54, 1.807) is 17.2 Å². The summed E-state index contributed by atoms with van der Waals surface area (Å²) in [6, 6.07) is 18.6. The van der Waals surface area contributed by atoms with E-state index in [0.717, 1.165) is 16.8 Å². The van der Waals surface area contributed by atoms with Crippen LogP contribution in [0.5, 0.6) is 0 Å². The third-order valence-corrected chi connectivity index (χ3v) is 6.71. The Balaban J connectivity index is 1.34. The fourth-order valence-corrected chi connectivity index (χ4v) is 4.53. The fraction of sp³-hybridized carbons (Fsp3) is 0.250. The molecule has 0 radical (unpaired) electrons. The summed E-state index contributed by atoms with van der Waals surface area (Å²) in [5.41, 5.74) is 4.17. The van der Waals surface area contributed by atoms with Crippen molar-refractivity contribution in [2.24, 2.45) is 5.92 Å². The van der Waals surface area contributed by atoms with Crippen LogP contribution in [0.1, 0.15) is 28.9 Å². The van der Waals surface area contributed by atoms with Gasteiger partial charge in [0.25, 0.3) is 5.56 Å². The van der Waals surface area contributed by atoms with Gasteiger partial charge in [0.2, 0.25) is 11.8 Å². The molecule has 2 amide bonds. The zero-order chi connectivity index (χ0) is 25.2. The van der Waals surface area contributed by atoms with E-state index in [0.29, 0.717) is 28.7 Å². The highest BCUT2D eigenvalue weighted by molar-refractivity contribution is 6.00. The van der Waals surface area contributed by atoms with Crippen LogP contribution in [0.2, 0.25) is 0 Å². The van der Waals surface area contributed by atoms with E-state index < -0.39 is 5.92 Å². The molecule has 5 rings (SSSR count). The standard InChI is InChI=1S/C28H27N5O3/c1-18-10-11-22(13-19(18)2)32-16-20(14-26(32)34)27(35)30-15-25-23-8-3-4-9-24(23)28(36)33(31-25)17-21-7-5-6-12-29-21/h3-13,20H,14-17H2,1-2H3,(H,30,35). The van der Waals surface area contributed by atoms with Crippen molar-refractivity contribution in [3.05, 3.63) is 99.7 Å². The highest BCUT2D eigenvalue weighted by Crippen LogP contribution is 2.27. The number of aryl methyl sites for hydroxylation is 2. The highest BCUT2D eigenvalue weighted by atomic mass is 16.2. The van der Waals surface area contributed by atoms with Crippen molar-refractivity contribution in [3.8, 4) is 0 Å². The maximum Gasteiger partial charge on any atom is 0.275 e. The molecule has 1 atom stereocenters. The monoisotopic (exact) mass is 481 g/mol. The van der Waals surface area contributed by atoms with Crippen LogP contribution < -0.4 is 15.8 Å². The minimum atomic E-state index is -0.454. The number of aromatic nitrogens is 3. The Labute approximate surface area is 208 Å². The van der Waals surface area contributed by atoms with Crippen LogP contribution in [0.3, 0.4) is 0 Å². The lowest BCUT2D eigenvalue weighted by Crippen LogP contribution is -2.34. The zero-order valence-corrected chi connectivity index (χ0v) is 20.3. The molecule has 1 aliphatic rings. The molecule has 0 spiro atoms. The number of carbonyl (C=O) groups excluding carboxylic acids is 2. The van der Waals surface area contributed by atoms with Crippen molar-refractivity contribution >= 4 is 28.3 Å². The second kappa shape index (κ2) is 9.73. The maximum atomic E-state index is 13.0. The molecule has 0 aliphatic carbocycles. The first-order valence-corrected chi connectivity index (χ1v) is 11.9. The molecule has 1 aliphatic heterocycles. The molecule has 8 nitrogen and oxygen atoms in total. The van der Waals surface area contributed by atoms with Crippen molar-refractivity contribution in [3.63, 3.8) is 0 Å². The minimum absolute atomic E-state index is 0.0640. The molecule has 8 heteroatoms. The smallest absolute Gasteiger partial charge is 0.275 e. The van der Waals surface area contributed by atoms with E-state index in [-0.39, 0.29) is 36.9 Å². The number of rotatable bonds is 6. The Bertz CT molecular complexity index is 1510. The summed E-state index contributed by atoms with van der Waals surface area (Å²) >= 11 is 0. The topological polar surface area (TPSA) is 97.2 Å². The summed E-state index contributed by atoms with van der Waals surface area (Å²) in [6.07, 6.45) is 1.83. The van der Waals surface area contributed by atoms with E-state index >= 15 is 0 Å². The Morgan fingerprint density at radius 1 is 1.00 bits per heavy atom. The van der Waals surface area contributed by atoms with E-state index in [1.165, 1.54) is 4.68 Å². The van der Waals surface area contributed by atoms with Crippen LogP contribution >= 0.6 is 0 Å². The number of benzene rings is 2. The molecule has 2 aromatic carbocycles. The first-order chi connectivity index (χ1) is 17.4. The number of nitrogens with one attached hydrogen (secondary N) is 1. The third kappa shape index (κ3) is 4.62. The van der Waals surface area contributed by atoms with E-state index in [4.69, 9.17) is 0 Å². The van der Waals surface area contributed by atoms with Gasteiger partial charge < -0.3 is 10.2 Å². The molecule has 0 saturated carbocycles. The van der Waals surface area contributed by atoms with Gasteiger partial charge in [-0.15, -0.1) is 0 Å². The van der Waals surface area contributed by atoms with Crippen molar-refractivity contribution in [2.45, 2.75) is 33.4 Å². The predicted molar refractivity (Wildman–Crippen MR) is 138 cm³/mol. The lowest BCUT2D eigenvalue weighted by Gasteiger charge is -2.18. The van der Waals surface area contributed by atoms with Gasteiger partial charge in [0.1, 0.15) is 0 Å². The van der Waals surface area contributed by atoms with Gasteiger partial charge in [0, 0.05) is 30.2 Å². The molecule has 2 aromatic heterocycles. The number of amides is 2. The van der Waals surface area contributed by atoms with Crippen LogP contribution in [0.4, 0.5) is 5.69 Å². The van der Waals surface area contributed by atoms with Gasteiger partial charge in [-0.25, -0.2) is 4.68 Å². The van der Waals surface area contributed by atoms with Gasteiger partial charge in [0.05, 0.1) is 35.8 Å². The van der Waals surface area contributed by atoms with Gasteiger partial charge >= 0.3 is 0 Å². The van der Waals surface area contributed by atoms with E-state index in [1.807, 2.05) is 68.4 Å². The molecule has 1 N–H and O–H groups in total. The summed E-state index contributed by atoms with van der Waals surface area (Å²) in [4.78, 5) is 44.7. The highest BCUT2D eigenvalue weighted by Gasteiger charge is 2.35. The largest absolute Gasteiger partial charge is 0.350 e. The van der Waals surface area contributed by atoms with Crippen molar-refractivity contribution < 1.29 is 9.59 Å². The minimum Gasteiger partial charge on any atom is -0.350 e. The average Bonchev–Trinajstić information content (AvgIpc) is 3.28. The lowest BCUT2D eigenvalue weighted by atomic mass is 10.1. The van der Waals surface area contributed by atoms with Crippen molar-refractivity contribution in [1.82, 2.24) is 20.1 Å². The summed E-state index contributed by atoms with van der Waals surface area (Å²) in [7, 11) is 0. The SMILES string of the molecule is Cc1ccc(N2CC(C(=O)NCc3nn(Cc4ccccn4)c(=O)c4ccccc34)CC2=O)cc1C. The third-order valence-electron chi connectivity index (χ3n) is 6.71. The van der Waals surface area contributed by atoms with E-state index in [2.05, 4.69) is 15.4 Å². The molecule has 0 bridgehead atoms. The normalized spacial score (nSPS) is 15.4. The van der Waals surface area contributed by atoms with Crippen LogP contribution in [0.25, 0.3) is 10.8 Å². The van der Waals surface area contributed by atoms with Crippen molar-refractivity contribution in [1.29, 1.82) is 0 Å². The molecular formula is C28H27N5O3. The van der Waals surface area contributed by atoms with Crippen LogP contribution in [0.15, 0.2) is 71.7 Å². The summed E-state index contributed by atoms with van der Waals surface area (Å²) in [5.74, 6) is -0.723. The average molecular weight is 482 g/mol. The summed E-state index contributed by atoms with van der Waals surface area (Å²) in [5, 5.41) is 8.73. The number of carbonyl (C=O) groups is 2. The number of nitrogens with zero attached hydrogens (tertiary/aromatic N) is 4. The Morgan fingerprint density at radius 2 is 1.78 bits per heavy atom. The number of pyridine rings is 1. The number of fused-ring (bicyclic) bond motifs is 1. The quantitative estimate of drug-likeness (QED) is 0.456. The van der Waals surface area contributed by atoms with Crippen LogP contribution in [-0.4, -0.2) is 33.1 Å². The second-order valence-electron chi connectivity index (χ2n) is 9.17. The number of hydrogen-bond acceptors (Lipinski definition) is 5. The van der Waals surface area contributed by atoms with Gasteiger partial charge in [-0.2, -0.15) is 5.10 Å².